The van der Waals surface area contributed by atoms with Gasteiger partial charge in [-0.05, 0) is 35.7 Å². The van der Waals surface area contributed by atoms with Crippen LogP contribution in [-0.4, -0.2) is 35.7 Å². The summed E-state index contributed by atoms with van der Waals surface area (Å²) in [7, 11) is 0. The van der Waals surface area contributed by atoms with Gasteiger partial charge in [0.2, 0.25) is 5.91 Å². The highest BCUT2D eigenvalue weighted by Gasteiger charge is 2.27. The van der Waals surface area contributed by atoms with Gasteiger partial charge in [0, 0.05) is 24.0 Å². The molecule has 1 unspecified atom stereocenters. The lowest BCUT2D eigenvalue weighted by Gasteiger charge is -2.23. The molecule has 0 aliphatic carbocycles. The molecule has 2 aromatic rings. The quantitative estimate of drug-likeness (QED) is 0.883. The molecule has 0 radical (unpaired) electrons. The molecule has 21 heavy (non-hydrogen) atoms. The minimum absolute atomic E-state index is 0.209. The zero-order valence-corrected chi connectivity index (χ0v) is 12.8. The van der Waals surface area contributed by atoms with Gasteiger partial charge in [0.05, 0.1) is 5.75 Å². The second-order valence-electron chi connectivity index (χ2n) is 5.42. The van der Waals surface area contributed by atoms with Crippen molar-refractivity contribution in [2.45, 2.75) is 23.8 Å². The highest BCUT2D eigenvalue weighted by molar-refractivity contribution is 8.00. The van der Waals surface area contributed by atoms with Crippen LogP contribution in [0.4, 0.5) is 0 Å². The van der Waals surface area contributed by atoms with Gasteiger partial charge < -0.3 is 10.6 Å². The number of carbonyl (C=O) groups is 1. The van der Waals surface area contributed by atoms with Gasteiger partial charge in [-0.2, -0.15) is 0 Å². The lowest BCUT2D eigenvalue weighted by atomic mass is 10.1. The molecule has 2 N–H and O–H groups in total. The number of carbonyl (C=O) groups excluding carboxylic acids is 1. The molecule has 1 aliphatic heterocycles. The van der Waals surface area contributed by atoms with Crippen LogP contribution in [0.15, 0.2) is 47.4 Å². The normalized spacial score (nSPS) is 18.3. The first-order valence-corrected chi connectivity index (χ1v) is 8.37. The Kier molecular flexibility index (Phi) is 4.46. The van der Waals surface area contributed by atoms with Crippen molar-refractivity contribution in [3.8, 4) is 0 Å². The van der Waals surface area contributed by atoms with Gasteiger partial charge in [-0.1, -0.05) is 30.3 Å². The molecule has 0 saturated carbocycles. The van der Waals surface area contributed by atoms with Gasteiger partial charge in [0.15, 0.2) is 0 Å². The summed E-state index contributed by atoms with van der Waals surface area (Å²) in [6.07, 6.45) is 2.12. The molecular weight excluding hydrogens is 280 g/mol. The maximum absolute atomic E-state index is 12.3. The predicted octanol–water partition coefficient (Wildman–Crippen LogP) is 2.88. The van der Waals surface area contributed by atoms with E-state index in [0.717, 1.165) is 24.3 Å². The summed E-state index contributed by atoms with van der Waals surface area (Å²) in [6.45, 7) is 1.44. The molecule has 0 spiro atoms. The first kappa shape index (κ1) is 14.4. The van der Waals surface area contributed by atoms with Crippen molar-refractivity contribution >= 4 is 28.4 Å². The van der Waals surface area contributed by atoms with Gasteiger partial charge in [0.25, 0.3) is 0 Å². The number of nitrogens with zero attached hydrogens (tertiary/aromatic N) is 1. The number of hydrogen-bond donors (Lipinski definition) is 1. The zero-order chi connectivity index (χ0) is 14.7. The lowest BCUT2D eigenvalue weighted by molar-refractivity contribution is -0.128. The molecule has 110 valence electrons. The maximum Gasteiger partial charge on any atom is 0.233 e. The molecule has 0 aromatic heterocycles. The molecule has 1 saturated heterocycles. The molecule has 1 fully saturated rings. The van der Waals surface area contributed by atoms with E-state index in [1.165, 1.54) is 10.8 Å². The van der Waals surface area contributed by atoms with Crippen molar-refractivity contribution < 1.29 is 4.79 Å². The van der Waals surface area contributed by atoms with E-state index in [0.29, 0.717) is 12.3 Å². The molecule has 1 heterocycles. The first-order valence-electron chi connectivity index (χ1n) is 7.39. The molecule has 1 amide bonds. The van der Waals surface area contributed by atoms with Crippen LogP contribution in [0.3, 0.4) is 0 Å². The van der Waals surface area contributed by atoms with Crippen LogP contribution in [0.1, 0.15) is 12.8 Å². The van der Waals surface area contributed by atoms with Crippen molar-refractivity contribution in [2.75, 3.05) is 18.8 Å². The molecule has 1 atom stereocenters. The molecule has 2 aromatic carbocycles. The summed E-state index contributed by atoms with van der Waals surface area (Å²) in [5.74, 6) is 0.704. The predicted molar refractivity (Wildman–Crippen MR) is 88.5 cm³/mol. The lowest BCUT2D eigenvalue weighted by Crippen LogP contribution is -2.40. The fraction of sp³-hybridized carbons (Fsp3) is 0.353. The Morgan fingerprint density at radius 1 is 1.24 bits per heavy atom. The van der Waals surface area contributed by atoms with E-state index in [2.05, 4.69) is 30.3 Å². The highest BCUT2D eigenvalue weighted by Crippen LogP contribution is 2.25. The number of hydrogen-bond acceptors (Lipinski definition) is 3. The molecule has 3 nitrogen and oxygen atoms in total. The minimum Gasteiger partial charge on any atom is -0.338 e. The summed E-state index contributed by atoms with van der Waals surface area (Å²) >= 11 is 1.61. The first-order chi connectivity index (χ1) is 10.3. The third-order valence-corrected chi connectivity index (χ3v) is 5.03. The number of nitrogens with two attached hydrogens (primary N) is 1. The van der Waals surface area contributed by atoms with Crippen molar-refractivity contribution in [3.63, 3.8) is 0 Å². The van der Waals surface area contributed by atoms with Crippen LogP contribution < -0.4 is 5.73 Å². The number of thioether (sulfide) groups is 1. The standard InChI is InChI=1S/C17H20N2OS/c18-11-15-6-3-9-19(15)17(20)12-21-16-8-7-13-4-1-2-5-14(13)10-16/h1-2,4-5,7-8,10,15H,3,6,9,11-12,18H2. The van der Waals surface area contributed by atoms with Crippen LogP contribution in [0.2, 0.25) is 0 Å². The number of amides is 1. The summed E-state index contributed by atoms with van der Waals surface area (Å²) in [5, 5.41) is 2.45. The monoisotopic (exact) mass is 300 g/mol. The average Bonchev–Trinajstić information content (AvgIpc) is 3.01. The van der Waals surface area contributed by atoms with E-state index in [9.17, 15) is 4.79 Å². The summed E-state index contributed by atoms with van der Waals surface area (Å²) in [4.78, 5) is 15.4. The fourth-order valence-electron chi connectivity index (χ4n) is 2.89. The minimum atomic E-state index is 0.209. The van der Waals surface area contributed by atoms with Crippen molar-refractivity contribution in [2.24, 2.45) is 5.73 Å². The van der Waals surface area contributed by atoms with Crippen LogP contribution in [-0.2, 0) is 4.79 Å². The Balaban J connectivity index is 1.64. The highest BCUT2D eigenvalue weighted by atomic mass is 32.2. The average molecular weight is 300 g/mol. The topological polar surface area (TPSA) is 46.3 Å². The van der Waals surface area contributed by atoms with Gasteiger partial charge in [0.1, 0.15) is 0 Å². The van der Waals surface area contributed by atoms with E-state index in [-0.39, 0.29) is 11.9 Å². The fourth-order valence-corrected chi connectivity index (χ4v) is 3.72. The van der Waals surface area contributed by atoms with E-state index in [4.69, 9.17) is 5.73 Å². The van der Waals surface area contributed by atoms with E-state index < -0.39 is 0 Å². The number of likely N-dealkylation sites (tertiary alicyclic amines) is 1. The van der Waals surface area contributed by atoms with Crippen LogP contribution >= 0.6 is 11.8 Å². The SMILES string of the molecule is NCC1CCCN1C(=O)CSc1ccc2ccccc2c1. The second kappa shape index (κ2) is 6.50. The van der Waals surface area contributed by atoms with Gasteiger partial charge in [-0.3, -0.25) is 4.79 Å². The van der Waals surface area contributed by atoms with Gasteiger partial charge in [-0.15, -0.1) is 11.8 Å². The van der Waals surface area contributed by atoms with Crippen molar-refractivity contribution in [3.05, 3.63) is 42.5 Å². The molecule has 0 bridgehead atoms. The van der Waals surface area contributed by atoms with E-state index in [1.54, 1.807) is 11.8 Å². The number of benzene rings is 2. The molecular formula is C17H20N2OS. The molecule has 3 rings (SSSR count). The van der Waals surface area contributed by atoms with E-state index >= 15 is 0 Å². The Labute approximate surface area is 129 Å². The zero-order valence-electron chi connectivity index (χ0n) is 12.0. The van der Waals surface area contributed by atoms with Crippen LogP contribution in [0.5, 0.6) is 0 Å². The van der Waals surface area contributed by atoms with E-state index in [1.807, 2.05) is 17.0 Å². The van der Waals surface area contributed by atoms with Crippen molar-refractivity contribution in [1.82, 2.24) is 4.90 Å². The Morgan fingerprint density at radius 2 is 2.05 bits per heavy atom. The summed E-state index contributed by atoms with van der Waals surface area (Å²) in [5.41, 5.74) is 5.73. The van der Waals surface area contributed by atoms with Gasteiger partial charge >= 0.3 is 0 Å². The molecule has 4 heteroatoms. The van der Waals surface area contributed by atoms with Crippen molar-refractivity contribution in [1.29, 1.82) is 0 Å². The number of rotatable bonds is 4. The smallest absolute Gasteiger partial charge is 0.233 e. The van der Waals surface area contributed by atoms with Gasteiger partial charge in [-0.25, -0.2) is 0 Å². The maximum atomic E-state index is 12.3. The molecule has 1 aliphatic rings. The summed E-state index contributed by atoms with van der Waals surface area (Å²) in [6, 6.07) is 14.9. The largest absolute Gasteiger partial charge is 0.338 e. The Morgan fingerprint density at radius 3 is 2.86 bits per heavy atom. The Bertz CT molecular complexity index is 643. The number of fused-ring (bicyclic) bond motifs is 1. The van der Waals surface area contributed by atoms with Crippen LogP contribution in [0.25, 0.3) is 10.8 Å². The van der Waals surface area contributed by atoms with Crippen LogP contribution in [0, 0.1) is 0 Å². The third-order valence-electron chi connectivity index (χ3n) is 4.05. The second-order valence-corrected chi connectivity index (χ2v) is 6.47. The third kappa shape index (κ3) is 3.22. The Hall–Kier alpha value is -1.52. The summed E-state index contributed by atoms with van der Waals surface area (Å²) < 4.78 is 0.